The third kappa shape index (κ3) is 4.89. The van der Waals surface area contributed by atoms with Crippen molar-refractivity contribution in [3.8, 4) is 11.3 Å². The van der Waals surface area contributed by atoms with Crippen LogP contribution in [0.15, 0.2) is 84.9 Å². The molecule has 31 heavy (non-hydrogen) atoms. The molecular formula is C27H26FN2P. The number of rotatable bonds is 6. The van der Waals surface area contributed by atoms with Crippen LogP contribution >= 0.6 is 7.92 Å². The van der Waals surface area contributed by atoms with Crippen molar-refractivity contribution in [3.05, 3.63) is 108 Å². The van der Waals surface area contributed by atoms with Gasteiger partial charge in [0.25, 0.3) is 0 Å². The van der Waals surface area contributed by atoms with E-state index in [2.05, 4.69) is 74.5 Å². The Morgan fingerprint density at radius 2 is 1.32 bits per heavy atom. The first-order valence-corrected chi connectivity index (χ1v) is 12.1. The largest absolute Gasteiger partial charge is 0.238 e. The Balaban J connectivity index is 1.89. The van der Waals surface area contributed by atoms with Gasteiger partial charge in [0.1, 0.15) is 11.6 Å². The van der Waals surface area contributed by atoms with Gasteiger partial charge in [-0.05, 0) is 55.6 Å². The summed E-state index contributed by atoms with van der Waals surface area (Å²) in [6.07, 6.45) is 0.837. The highest BCUT2D eigenvalue weighted by atomic mass is 31.1. The monoisotopic (exact) mass is 428 g/mol. The average molecular weight is 428 g/mol. The van der Waals surface area contributed by atoms with Crippen LogP contribution in [0.25, 0.3) is 11.3 Å². The van der Waals surface area contributed by atoms with E-state index >= 15 is 0 Å². The van der Waals surface area contributed by atoms with E-state index in [1.54, 1.807) is 0 Å². The van der Waals surface area contributed by atoms with E-state index in [9.17, 15) is 4.39 Å². The fraction of sp³-hybridized carbons (Fsp3) is 0.185. The summed E-state index contributed by atoms with van der Waals surface area (Å²) in [5, 5.41) is 2.65. The maximum atomic E-state index is 13.6. The molecule has 1 aromatic heterocycles. The fourth-order valence-corrected chi connectivity index (χ4v) is 6.16. The summed E-state index contributed by atoms with van der Waals surface area (Å²) in [5.74, 6) is 0.769. The fourth-order valence-electron chi connectivity index (χ4n) is 3.80. The number of halogens is 1. The summed E-state index contributed by atoms with van der Waals surface area (Å²) in [6.45, 7) is 6.28. The molecule has 0 aliphatic rings. The lowest BCUT2D eigenvalue weighted by Gasteiger charge is -2.23. The van der Waals surface area contributed by atoms with E-state index in [1.165, 1.54) is 22.7 Å². The van der Waals surface area contributed by atoms with Crippen molar-refractivity contribution in [2.45, 2.75) is 32.9 Å². The number of benzene rings is 3. The highest BCUT2D eigenvalue weighted by molar-refractivity contribution is 7.72. The van der Waals surface area contributed by atoms with Gasteiger partial charge in [0.15, 0.2) is 0 Å². The number of nitrogens with zero attached hydrogens (tertiary/aromatic N) is 2. The van der Waals surface area contributed by atoms with E-state index in [1.807, 2.05) is 19.1 Å². The van der Waals surface area contributed by atoms with Gasteiger partial charge in [0.2, 0.25) is 0 Å². The molecule has 0 N–H and O–H groups in total. The number of hydrogen-bond acceptors (Lipinski definition) is 2. The third-order valence-electron chi connectivity index (χ3n) is 5.27. The van der Waals surface area contributed by atoms with Crippen molar-refractivity contribution < 1.29 is 4.39 Å². The van der Waals surface area contributed by atoms with Gasteiger partial charge in [-0.3, -0.25) is 0 Å². The molecule has 0 saturated carbocycles. The van der Waals surface area contributed by atoms with Crippen LogP contribution in [0.4, 0.5) is 4.39 Å². The van der Waals surface area contributed by atoms with Gasteiger partial charge in [-0.1, -0.05) is 74.5 Å². The van der Waals surface area contributed by atoms with Crippen LogP contribution in [-0.4, -0.2) is 9.97 Å². The van der Waals surface area contributed by atoms with E-state index in [0.717, 1.165) is 34.5 Å². The zero-order chi connectivity index (χ0) is 21.8. The molecule has 0 amide bonds. The molecule has 4 heteroatoms. The Labute approximate surface area is 185 Å². The average Bonchev–Trinajstić information content (AvgIpc) is 2.79. The van der Waals surface area contributed by atoms with Crippen molar-refractivity contribution in [1.82, 2.24) is 9.97 Å². The minimum Gasteiger partial charge on any atom is -0.238 e. The van der Waals surface area contributed by atoms with Crippen molar-refractivity contribution in [2.24, 2.45) is 0 Å². The molecule has 0 fully saturated rings. The molecule has 0 atom stereocenters. The van der Waals surface area contributed by atoms with Crippen LogP contribution in [0, 0.1) is 12.7 Å². The van der Waals surface area contributed by atoms with E-state index in [4.69, 9.17) is 9.97 Å². The normalized spacial score (nSPS) is 11.3. The van der Waals surface area contributed by atoms with Gasteiger partial charge in [-0.2, -0.15) is 0 Å². The minimum atomic E-state index is -0.645. The Bertz CT molecular complexity index is 1100. The quantitative estimate of drug-likeness (QED) is 0.335. The number of aromatic nitrogens is 2. The van der Waals surface area contributed by atoms with Gasteiger partial charge in [-0.15, -0.1) is 0 Å². The zero-order valence-corrected chi connectivity index (χ0v) is 19.0. The summed E-state index contributed by atoms with van der Waals surface area (Å²) in [5.41, 5.74) is 4.08. The van der Waals surface area contributed by atoms with Crippen LogP contribution in [0.2, 0.25) is 0 Å². The predicted molar refractivity (Wildman–Crippen MR) is 129 cm³/mol. The highest BCUT2D eigenvalue weighted by Gasteiger charge is 2.23. The summed E-state index contributed by atoms with van der Waals surface area (Å²) < 4.78 is 13.6. The molecule has 4 aromatic rings. The maximum absolute atomic E-state index is 13.6. The summed E-state index contributed by atoms with van der Waals surface area (Å²) in [4.78, 5) is 9.68. The van der Waals surface area contributed by atoms with Crippen LogP contribution in [0.3, 0.4) is 0 Å². The van der Waals surface area contributed by atoms with Crippen LogP contribution in [0.1, 0.15) is 36.8 Å². The third-order valence-corrected chi connectivity index (χ3v) is 7.74. The van der Waals surface area contributed by atoms with Gasteiger partial charge < -0.3 is 0 Å². The molecular weight excluding hydrogens is 402 g/mol. The molecule has 0 spiro atoms. The van der Waals surface area contributed by atoms with Gasteiger partial charge >= 0.3 is 0 Å². The van der Waals surface area contributed by atoms with Gasteiger partial charge in [0, 0.05) is 17.3 Å². The molecule has 2 nitrogen and oxygen atoms in total. The molecule has 0 radical (unpaired) electrons. The maximum Gasteiger partial charge on any atom is 0.126 e. The Morgan fingerprint density at radius 3 is 1.84 bits per heavy atom. The number of hydrogen-bond donors (Lipinski definition) is 0. The highest BCUT2D eigenvalue weighted by Crippen LogP contribution is 2.42. The smallest absolute Gasteiger partial charge is 0.126 e. The molecule has 0 bridgehead atoms. The first-order chi connectivity index (χ1) is 15.0. The molecule has 0 aliphatic carbocycles. The van der Waals surface area contributed by atoms with Crippen LogP contribution in [0.5, 0.6) is 0 Å². The van der Waals surface area contributed by atoms with Gasteiger partial charge in [0.05, 0.1) is 11.4 Å². The zero-order valence-electron chi connectivity index (χ0n) is 18.1. The molecule has 0 aliphatic heterocycles. The number of aryl methyl sites for hydroxylation is 1. The Hall–Kier alpha value is -2.90. The Morgan fingerprint density at radius 1 is 0.774 bits per heavy atom. The first kappa shape index (κ1) is 21.3. The minimum absolute atomic E-state index is 0.240. The predicted octanol–water partition coefficient (Wildman–Crippen LogP) is 6.35. The second-order valence-corrected chi connectivity index (χ2v) is 10.1. The molecule has 3 aromatic carbocycles. The molecule has 156 valence electrons. The molecule has 4 rings (SSSR count). The summed E-state index contributed by atoms with van der Waals surface area (Å²) in [7, 11) is -0.645. The molecule has 1 heterocycles. The van der Waals surface area contributed by atoms with Gasteiger partial charge in [-0.25, -0.2) is 14.4 Å². The molecule has 0 unspecified atom stereocenters. The first-order valence-electron chi connectivity index (χ1n) is 10.5. The van der Waals surface area contributed by atoms with Crippen molar-refractivity contribution in [3.63, 3.8) is 0 Å². The van der Waals surface area contributed by atoms with Crippen molar-refractivity contribution >= 4 is 18.5 Å². The summed E-state index contributed by atoms with van der Waals surface area (Å²) >= 11 is 0. The van der Waals surface area contributed by atoms with Crippen molar-refractivity contribution in [2.75, 3.05) is 0 Å². The van der Waals surface area contributed by atoms with Crippen molar-refractivity contribution in [1.29, 1.82) is 0 Å². The lowest BCUT2D eigenvalue weighted by Crippen LogP contribution is -2.16. The SMILES string of the molecule is Cc1nc(-c2ccc(F)cc2)c(CP(c2ccccc2)c2ccccc2)c(C(C)C)n1. The molecule has 0 saturated heterocycles. The standard InChI is InChI=1S/C27H26FN2P/c1-19(2)26-25(27(30-20(3)29-26)21-14-16-22(28)17-15-21)18-31(23-10-6-4-7-11-23)24-12-8-5-9-13-24/h4-17,19H,18H2,1-3H3. The van der Waals surface area contributed by atoms with Crippen LogP contribution < -0.4 is 10.6 Å². The second-order valence-electron chi connectivity index (χ2n) is 7.90. The lowest BCUT2D eigenvalue weighted by molar-refractivity contribution is 0.628. The topological polar surface area (TPSA) is 25.8 Å². The van der Waals surface area contributed by atoms with Crippen LogP contribution in [-0.2, 0) is 6.16 Å². The lowest BCUT2D eigenvalue weighted by atomic mass is 9.99. The summed E-state index contributed by atoms with van der Waals surface area (Å²) in [6, 6.07) is 28.0. The van der Waals surface area contributed by atoms with E-state index in [0.29, 0.717) is 0 Å². The van der Waals surface area contributed by atoms with E-state index < -0.39 is 7.92 Å². The Kier molecular flexibility index (Phi) is 6.53. The van der Waals surface area contributed by atoms with E-state index in [-0.39, 0.29) is 11.7 Å². The second kappa shape index (κ2) is 9.49.